The van der Waals surface area contributed by atoms with Crippen molar-refractivity contribution >= 4 is 46.1 Å². The minimum atomic E-state index is -1.11. The van der Waals surface area contributed by atoms with Crippen molar-refractivity contribution in [3.63, 3.8) is 0 Å². The van der Waals surface area contributed by atoms with Crippen LogP contribution in [0.15, 0.2) is 89.8 Å². The molecule has 2 heterocycles. The van der Waals surface area contributed by atoms with Crippen molar-refractivity contribution in [2.45, 2.75) is 58.5 Å². The van der Waals surface area contributed by atoms with Crippen LogP contribution in [0.1, 0.15) is 52.4 Å². The van der Waals surface area contributed by atoms with E-state index in [1.54, 1.807) is 36.7 Å². The first-order chi connectivity index (χ1) is 24.1. The van der Waals surface area contributed by atoms with Crippen LogP contribution in [0.4, 0.5) is 4.79 Å². The second kappa shape index (κ2) is 16.8. The first-order valence-electron chi connectivity index (χ1n) is 16.7. The van der Waals surface area contributed by atoms with E-state index in [9.17, 15) is 19.2 Å². The molecule has 3 aromatic carbocycles. The third kappa shape index (κ3) is 9.17. The number of aromatic nitrogens is 1. The van der Waals surface area contributed by atoms with E-state index in [1.165, 1.54) is 4.90 Å². The number of nitrogens with one attached hydrogen (secondary N) is 4. The highest BCUT2D eigenvalue weighted by Crippen LogP contribution is 2.24. The van der Waals surface area contributed by atoms with Crippen molar-refractivity contribution in [3.8, 4) is 11.1 Å². The van der Waals surface area contributed by atoms with Gasteiger partial charge in [-0.1, -0.05) is 73.0 Å². The molecule has 4 amide bonds. The monoisotopic (exact) mass is 693 g/mol. The average Bonchev–Trinajstić information content (AvgIpc) is 3.80. The number of thiophene rings is 1. The summed E-state index contributed by atoms with van der Waals surface area (Å²) in [5.41, 5.74) is 11.7. The standard InChI is InChI=1S/C39H43N5O5S/c1-5-6-16-49-39(48)43-42-36(45)34(22-31-23-40-33-10-8-7-9-32(31)33)41-37(46)35(44(4)38(47)30-19-25(2)18-26(3)20-30)21-27-11-13-28(14-12-27)29-15-17-50-24-29/h7-15,17-20,23-24,34-35,40H,5-6,16,21-22H2,1-4H3,(H,41,46)(H,42,45)(H,43,48)/t34-,35+/m0/s1. The molecule has 0 fully saturated rings. The Morgan fingerprint density at radius 2 is 1.62 bits per heavy atom. The predicted molar refractivity (Wildman–Crippen MR) is 197 cm³/mol. The van der Waals surface area contributed by atoms with Crippen LogP contribution in [-0.4, -0.2) is 59.4 Å². The number of ether oxygens (including phenoxy) is 1. The van der Waals surface area contributed by atoms with Crippen LogP contribution in [0.3, 0.4) is 0 Å². The number of nitrogens with zero attached hydrogens (tertiary/aromatic N) is 1. The SMILES string of the molecule is CCCCOC(=O)NNC(=O)[C@H](Cc1c[nH]c2ccccc12)NC(=O)[C@@H](Cc1ccc(-c2ccsc2)cc1)N(C)C(=O)c1cc(C)cc(C)c1. The molecule has 4 N–H and O–H groups in total. The topological polar surface area (TPSA) is 133 Å². The lowest BCUT2D eigenvalue weighted by atomic mass is 9.99. The fraction of sp³-hybridized carbons (Fsp3) is 0.282. The summed E-state index contributed by atoms with van der Waals surface area (Å²) in [7, 11) is 1.60. The van der Waals surface area contributed by atoms with Gasteiger partial charge in [0.05, 0.1) is 6.61 Å². The zero-order chi connectivity index (χ0) is 35.6. The maximum atomic E-state index is 14.3. The number of hydrogen-bond acceptors (Lipinski definition) is 6. The van der Waals surface area contributed by atoms with Gasteiger partial charge >= 0.3 is 6.09 Å². The summed E-state index contributed by atoms with van der Waals surface area (Å²) in [6.45, 7) is 6.03. The van der Waals surface area contributed by atoms with Gasteiger partial charge in [0.25, 0.3) is 11.8 Å². The molecule has 0 radical (unpaired) electrons. The Bertz CT molecular complexity index is 1920. The molecule has 0 unspecified atom stereocenters. The number of aromatic amines is 1. The van der Waals surface area contributed by atoms with Crippen LogP contribution in [0.25, 0.3) is 22.0 Å². The van der Waals surface area contributed by atoms with Crippen LogP contribution >= 0.6 is 11.3 Å². The molecule has 0 aliphatic rings. The van der Waals surface area contributed by atoms with Gasteiger partial charge in [0.2, 0.25) is 5.91 Å². The quantitative estimate of drug-likeness (QED) is 0.0828. The number of carbonyl (C=O) groups excluding carboxylic acids is 4. The van der Waals surface area contributed by atoms with E-state index in [1.807, 2.05) is 86.8 Å². The largest absolute Gasteiger partial charge is 0.448 e. The Labute approximate surface area is 296 Å². The Kier molecular flexibility index (Phi) is 12.1. The minimum Gasteiger partial charge on any atom is -0.448 e. The van der Waals surface area contributed by atoms with Gasteiger partial charge in [0.1, 0.15) is 12.1 Å². The van der Waals surface area contributed by atoms with E-state index in [4.69, 9.17) is 4.74 Å². The normalized spacial score (nSPS) is 12.2. The highest BCUT2D eigenvalue weighted by atomic mass is 32.1. The molecule has 11 heteroatoms. The van der Waals surface area contributed by atoms with Gasteiger partial charge in [0.15, 0.2) is 0 Å². The number of aryl methyl sites for hydroxylation is 2. The second-order valence-electron chi connectivity index (χ2n) is 12.4. The number of hydrazine groups is 1. The number of rotatable bonds is 13. The third-order valence-electron chi connectivity index (χ3n) is 8.55. The summed E-state index contributed by atoms with van der Waals surface area (Å²) in [5, 5.41) is 7.90. The van der Waals surface area contributed by atoms with Crippen LogP contribution in [0.5, 0.6) is 0 Å². The van der Waals surface area contributed by atoms with Crippen molar-refractivity contribution in [1.82, 2.24) is 26.1 Å². The number of para-hydroxylation sites is 1. The van der Waals surface area contributed by atoms with Crippen molar-refractivity contribution < 1.29 is 23.9 Å². The van der Waals surface area contributed by atoms with E-state index in [0.29, 0.717) is 12.0 Å². The number of hydrogen-bond donors (Lipinski definition) is 4. The molecule has 0 spiro atoms. The van der Waals surface area contributed by atoms with Gasteiger partial charge in [-0.25, -0.2) is 10.2 Å². The molecule has 2 atom stereocenters. The Hall–Kier alpha value is -5.42. The van der Waals surface area contributed by atoms with Crippen LogP contribution in [0, 0.1) is 13.8 Å². The number of likely N-dealkylation sites (N-methyl/N-ethyl adjacent to an activating group) is 1. The molecule has 260 valence electrons. The Morgan fingerprint density at radius 1 is 0.880 bits per heavy atom. The molecule has 50 heavy (non-hydrogen) atoms. The third-order valence-corrected chi connectivity index (χ3v) is 9.23. The lowest BCUT2D eigenvalue weighted by molar-refractivity contribution is -0.131. The Morgan fingerprint density at radius 3 is 2.32 bits per heavy atom. The van der Waals surface area contributed by atoms with Crippen molar-refractivity contribution in [3.05, 3.63) is 118 Å². The molecule has 10 nitrogen and oxygen atoms in total. The van der Waals surface area contributed by atoms with E-state index in [2.05, 4.69) is 26.5 Å². The molecule has 2 aromatic heterocycles. The van der Waals surface area contributed by atoms with Gasteiger partial charge in [-0.05, 0) is 77.5 Å². The van der Waals surface area contributed by atoms with Crippen molar-refractivity contribution in [2.75, 3.05) is 13.7 Å². The molecule has 5 aromatic rings. The fourth-order valence-electron chi connectivity index (χ4n) is 5.88. The van der Waals surface area contributed by atoms with E-state index >= 15 is 0 Å². The predicted octanol–water partition coefficient (Wildman–Crippen LogP) is 6.48. The van der Waals surface area contributed by atoms with Gasteiger partial charge in [-0.3, -0.25) is 19.8 Å². The average molecular weight is 694 g/mol. The van der Waals surface area contributed by atoms with Crippen LogP contribution in [-0.2, 0) is 27.2 Å². The lowest BCUT2D eigenvalue weighted by Crippen LogP contribution is -2.57. The van der Waals surface area contributed by atoms with Gasteiger partial charge < -0.3 is 19.9 Å². The maximum absolute atomic E-state index is 14.3. The van der Waals surface area contributed by atoms with Crippen molar-refractivity contribution in [1.29, 1.82) is 0 Å². The molecule has 0 aliphatic carbocycles. The van der Waals surface area contributed by atoms with Gasteiger partial charge in [0, 0.05) is 42.6 Å². The summed E-state index contributed by atoms with van der Waals surface area (Å²) in [5.74, 6) is -1.48. The van der Waals surface area contributed by atoms with Gasteiger partial charge in [-0.15, -0.1) is 0 Å². The number of unbranched alkanes of at least 4 members (excludes halogenated alkanes) is 1. The van der Waals surface area contributed by atoms with Crippen LogP contribution in [0.2, 0.25) is 0 Å². The number of carbonyl (C=O) groups is 4. The number of H-pyrrole nitrogens is 1. The highest BCUT2D eigenvalue weighted by Gasteiger charge is 2.32. The number of amides is 4. The highest BCUT2D eigenvalue weighted by molar-refractivity contribution is 7.08. The molecular weight excluding hydrogens is 651 g/mol. The summed E-state index contributed by atoms with van der Waals surface area (Å²) < 4.78 is 5.11. The second-order valence-corrected chi connectivity index (χ2v) is 13.2. The van der Waals surface area contributed by atoms with Crippen molar-refractivity contribution in [2.24, 2.45) is 0 Å². The van der Waals surface area contributed by atoms with E-state index in [-0.39, 0.29) is 25.4 Å². The number of benzene rings is 3. The molecule has 0 bridgehead atoms. The summed E-state index contributed by atoms with van der Waals surface area (Å²) >= 11 is 1.62. The van der Waals surface area contributed by atoms with E-state index in [0.717, 1.165) is 50.7 Å². The molecule has 0 aliphatic heterocycles. The number of fused-ring (bicyclic) bond motifs is 1. The molecule has 0 saturated heterocycles. The van der Waals surface area contributed by atoms with Gasteiger partial charge in [-0.2, -0.15) is 11.3 Å². The summed E-state index contributed by atoms with van der Waals surface area (Å²) in [4.78, 5) is 58.7. The fourth-order valence-corrected chi connectivity index (χ4v) is 6.54. The maximum Gasteiger partial charge on any atom is 0.426 e. The smallest absolute Gasteiger partial charge is 0.426 e. The van der Waals surface area contributed by atoms with E-state index < -0.39 is 30.0 Å². The molecule has 0 saturated carbocycles. The summed E-state index contributed by atoms with van der Waals surface area (Å²) in [6, 6.07) is 21.1. The first-order valence-corrected chi connectivity index (χ1v) is 17.6. The molecule has 5 rings (SSSR count). The molecular formula is C39H43N5O5S. The zero-order valence-electron chi connectivity index (χ0n) is 28.7. The zero-order valence-corrected chi connectivity index (χ0v) is 29.6. The first kappa shape index (κ1) is 35.9. The summed E-state index contributed by atoms with van der Waals surface area (Å²) in [6.07, 6.45) is 2.85. The van der Waals surface area contributed by atoms with Crippen LogP contribution < -0.4 is 16.2 Å². The lowest BCUT2D eigenvalue weighted by Gasteiger charge is -2.29. The minimum absolute atomic E-state index is 0.116. The Balaban J connectivity index is 1.42.